The zero-order valence-corrected chi connectivity index (χ0v) is 8.03. The second-order valence-corrected chi connectivity index (χ2v) is 4.01. The summed E-state index contributed by atoms with van der Waals surface area (Å²) in [6.45, 7) is 0. The number of H-pyrrole nitrogens is 1. The highest BCUT2D eigenvalue weighted by Gasteiger charge is 2.42. The average molecular weight is 202 g/mol. The molecule has 2 aromatic rings. The Morgan fingerprint density at radius 2 is 2.20 bits per heavy atom. The van der Waals surface area contributed by atoms with Crippen LogP contribution < -0.4 is 5.56 Å². The summed E-state index contributed by atoms with van der Waals surface area (Å²) in [5.74, 6) is 0. The number of aromatic nitrogens is 2. The molecule has 1 heterocycles. The van der Waals surface area contributed by atoms with Crippen LogP contribution in [0.15, 0.2) is 29.2 Å². The number of rotatable bonds is 1. The van der Waals surface area contributed by atoms with E-state index >= 15 is 0 Å². The Balaban J connectivity index is 2.22. The molecule has 3 rings (SSSR count). The molecule has 0 radical (unpaired) electrons. The molecule has 0 amide bonds. The van der Waals surface area contributed by atoms with E-state index < -0.39 is 5.60 Å². The summed E-state index contributed by atoms with van der Waals surface area (Å²) in [4.78, 5) is 17.7. The van der Waals surface area contributed by atoms with Crippen LogP contribution >= 0.6 is 0 Å². The summed E-state index contributed by atoms with van der Waals surface area (Å²) in [7, 11) is 0. The molecule has 76 valence electrons. The van der Waals surface area contributed by atoms with Crippen molar-refractivity contribution in [1.29, 1.82) is 0 Å². The van der Waals surface area contributed by atoms with Gasteiger partial charge in [-0.2, -0.15) is 0 Å². The lowest BCUT2D eigenvalue weighted by Gasteiger charge is -2.07. The molecule has 0 saturated heterocycles. The Labute approximate surface area is 85.6 Å². The normalized spacial score (nSPS) is 17.9. The number of hydrogen-bond donors (Lipinski definition) is 2. The molecule has 4 heteroatoms. The van der Waals surface area contributed by atoms with Crippen molar-refractivity contribution in [3.05, 3.63) is 40.3 Å². The van der Waals surface area contributed by atoms with Gasteiger partial charge in [0.15, 0.2) is 0 Å². The van der Waals surface area contributed by atoms with E-state index in [1.165, 1.54) is 6.20 Å². The van der Waals surface area contributed by atoms with Crippen molar-refractivity contribution in [2.75, 3.05) is 0 Å². The van der Waals surface area contributed by atoms with Crippen LogP contribution in [0.2, 0.25) is 0 Å². The molecule has 0 bridgehead atoms. The summed E-state index contributed by atoms with van der Waals surface area (Å²) in [6, 6.07) is 5.46. The summed E-state index contributed by atoms with van der Waals surface area (Å²) in [5.41, 5.74) is 1.45. The molecule has 0 atom stereocenters. The van der Waals surface area contributed by atoms with E-state index in [4.69, 9.17) is 0 Å². The molecule has 1 aromatic heterocycles. The van der Waals surface area contributed by atoms with Gasteiger partial charge in [0.25, 0.3) is 5.56 Å². The molecule has 2 N–H and O–H groups in total. The molecule has 1 saturated carbocycles. The van der Waals surface area contributed by atoms with Crippen molar-refractivity contribution >= 4 is 11.0 Å². The van der Waals surface area contributed by atoms with E-state index in [1.807, 2.05) is 12.1 Å². The fourth-order valence-electron chi connectivity index (χ4n) is 1.73. The monoisotopic (exact) mass is 202 g/mol. The third-order valence-electron chi connectivity index (χ3n) is 2.84. The molecule has 1 fully saturated rings. The molecule has 4 nitrogen and oxygen atoms in total. The van der Waals surface area contributed by atoms with E-state index in [0.29, 0.717) is 11.0 Å². The van der Waals surface area contributed by atoms with Crippen molar-refractivity contribution in [3.8, 4) is 0 Å². The Morgan fingerprint density at radius 1 is 1.40 bits per heavy atom. The van der Waals surface area contributed by atoms with Gasteiger partial charge in [0.1, 0.15) is 0 Å². The lowest BCUT2D eigenvalue weighted by Crippen LogP contribution is -2.07. The van der Waals surface area contributed by atoms with Gasteiger partial charge in [-0.25, -0.2) is 4.98 Å². The average Bonchev–Trinajstić information content (AvgIpc) is 2.97. The van der Waals surface area contributed by atoms with Gasteiger partial charge in [0.05, 0.1) is 22.8 Å². The quantitative estimate of drug-likeness (QED) is 0.722. The van der Waals surface area contributed by atoms with Gasteiger partial charge in [0, 0.05) is 0 Å². The Morgan fingerprint density at radius 3 is 2.93 bits per heavy atom. The maximum absolute atomic E-state index is 11.0. The fraction of sp³-hybridized carbons (Fsp3) is 0.273. The topological polar surface area (TPSA) is 66.0 Å². The zero-order valence-electron chi connectivity index (χ0n) is 8.03. The van der Waals surface area contributed by atoms with Gasteiger partial charge >= 0.3 is 0 Å². The van der Waals surface area contributed by atoms with E-state index in [0.717, 1.165) is 18.4 Å². The van der Waals surface area contributed by atoms with Crippen molar-refractivity contribution < 1.29 is 5.11 Å². The second-order valence-electron chi connectivity index (χ2n) is 4.01. The van der Waals surface area contributed by atoms with Crippen LogP contribution in [0.3, 0.4) is 0 Å². The minimum Gasteiger partial charge on any atom is -0.385 e. The fourth-order valence-corrected chi connectivity index (χ4v) is 1.73. The number of benzene rings is 1. The minimum atomic E-state index is -0.647. The third-order valence-corrected chi connectivity index (χ3v) is 2.84. The molecule has 0 spiro atoms. The largest absolute Gasteiger partial charge is 0.385 e. The molecular formula is C11H10N2O2. The van der Waals surface area contributed by atoms with E-state index in [9.17, 15) is 9.90 Å². The Bertz CT molecular complexity index is 584. The smallest absolute Gasteiger partial charge is 0.266 e. The highest BCUT2D eigenvalue weighted by Crippen LogP contribution is 2.45. The molecule has 0 unspecified atom stereocenters. The van der Waals surface area contributed by atoms with Crippen LogP contribution in [0.4, 0.5) is 0 Å². The zero-order chi connectivity index (χ0) is 10.5. The highest BCUT2D eigenvalue weighted by molar-refractivity contribution is 5.74. The first-order valence-corrected chi connectivity index (χ1v) is 4.89. The van der Waals surface area contributed by atoms with Crippen LogP contribution in [-0.2, 0) is 5.60 Å². The van der Waals surface area contributed by atoms with E-state index in [2.05, 4.69) is 9.97 Å². The minimum absolute atomic E-state index is 0.208. The first kappa shape index (κ1) is 8.61. The number of hydrogen-bond acceptors (Lipinski definition) is 3. The number of nitrogens with one attached hydrogen (secondary N) is 1. The number of fused-ring (bicyclic) bond motifs is 1. The van der Waals surface area contributed by atoms with Gasteiger partial charge in [-0.3, -0.25) is 4.79 Å². The first-order valence-electron chi connectivity index (χ1n) is 4.89. The molecule has 1 aromatic carbocycles. The van der Waals surface area contributed by atoms with Crippen LogP contribution in [0.1, 0.15) is 18.4 Å². The summed E-state index contributed by atoms with van der Waals surface area (Å²) < 4.78 is 0. The van der Waals surface area contributed by atoms with Crippen molar-refractivity contribution in [3.63, 3.8) is 0 Å². The molecule has 15 heavy (non-hydrogen) atoms. The summed E-state index contributed by atoms with van der Waals surface area (Å²) in [5, 5.41) is 9.91. The third kappa shape index (κ3) is 1.34. The standard InChI is InChI=1S/C11H10N2O2/c14-10-6-12-9-5-7(11(15)3-4-11)1-2-8(9)13-10/h1-2,5-6,15H,3-4H2,(H,13,14). The molecule has 1 aliphatic rings. The predicted molar refractivity (Wildman–Crippen MR) is 55.5 cm³/mol. The van der Waals surface area contributed by atoms with Crippen molar-refractivity contribution in [2.45, 2.75) is 18.4 Å². The lowest BCUT2D eigenvalue weighted by molar-refractivity contribution is 0.151. The van der Waals surface area contributed by atoms with Crippen molar-refractivity contribution in [1.82, 2.24) is 9.97 Å². The SMILES string of the molecule is O=c1cnc2cc(C3(O)CC3)ccc2[nH]1. The van der Waals surface area contributed by atoms with Crippen LogP contribution in [0.25, 0.3) is 11.0 Å². The van der Waals surface area contributed by atoms with Gasteiger partial charge < -0.3 is 10.1 Å². The predicted octanol–water partition coefficient (Wildman–Crippen LogP) is 0.904. The molecule has 0 aliphatic heterocycles. The summed E-state index contributed by atoms with van der Waals surface area (Å²) >= 11 is 0. The lowest BCUT2D eigenvalue weighted by atomic mass is 10.1. The van der Waals surface area contributed by atoms with Gasteiger partial charge in [-0.15, -0.1) is 0 Å². The van der Waals surface area contributed by atoms with Gasteiger partial charge in [-0.05, 0) is 30.5 Å². The van der Waals surface area contributed by atoms with Crippen LogP contribution in [0.5, 0.6) is 0 Å². The highest BCUT2D eigenvalue weighted by atomic mass is 16.3. The Hall–Kier alpha value is -1.68. The van der Waals surface area contributed by atoms with Crippen LogP contribution in [-0.4, -0.2) is 15.1 Å². The molecular weight excluding hydrogens is 192 g/mol. The van der Waals surface area contributed by atoms with E-state index in [-0.39, 0.29) is 5.56 Å². The second kappa shape index (κ2) is 2.67. The maximum atomic E-state index is 11.0. The Kier molecular flexibility index (Phi) is 1.53. The maximum Gasteiger partial charge on any atom is 0.266 e. The van der Waals surface area contributed by atoms with Gasteiger partial charge in [-0.1, -0.05) is 6.07 Å². The van der Waals surface area contributed by atoms with Crippen LogP contribution in [0, 0.1) is 0 Å². The van der Waals surface area contributed by atoms with Crippen molar-refractivity contribution in [2.24, 2.45) is 0 Å². The van der Waals surface area contributed by atoms with Gasteiger partial charge in [0.2, 0.25) is 0 Å². The summed E-state index contributed by atoms with van der Waals surface area (Å²) in [6.07, 6.45) is 2.87. The first-order chi connectivity index (χ1) is 7.17. The number of aliphatic hydroxyl groups is 1. The number of nitrogens with zero attached hydrogens (tertiary/aromatic N) is 1. The molecule has 1 aliphatic carbocycles. The number of aromatic amines is 1. The van der Waals surface area contributed by atoms with E-state index in [1.54, 1.807) is 6.07 Å².